The van der Waals surface area contributed by atoms with Gasteiger partial charge in [-0.05, 0) is 55.5 Å². The second-order valence-electron chi connectivity index (χ2n) is 11.7. The summed E-state index contributed by atoms with van der Waals surface area (Å²) in [6, 6.07) is 7.74. The summed E-state index contributed by atoms with van der Waals surface area (Å²) < 4.78 is 53.4. The molecule has 0 bridgehead atoms. The number of anilines is 3. The molecule has 9 nitrogen and oxygen atoms in total. The van der Waals surface area contributed by atoms with Crippen LogP contribution >= 0.6 is 8.03 Å². The molecule has 0 aromatic heterocycles. The van der Waals surface area contributed by atoms with Crippen LogP contribution in [0.2, 0.25) is 0 Å². The van der Waals surface area contributed by atoms with Crippen molar-refractivity contribution in [3.63, 3.8) is 0 Å². The van der Waals surface area contributed by atoms with Gasteiger partial charge in [0.2, 0.25) is 0 Å². The van der Waals surface area contributed by atoms with Gasteiger partial charge < -0.3 is 29.3 Å². The fourth-order valence-corrected chi connectivity index (χ4v) is 7.23. The van der Waals surface area contributed by atoms with Crippen molar-refractivity contribution in [2.45, 2.75) is 31.7 Å². The molecule has 2 saturated heterocycles. The third kappa shape index (κ3) is 5.76. The minimum absolute atomic E-state index is 0.00535. The van der Waals surface area contributed by atoms with E-state index >= 15 is 4.39 Å². The maximum absolute atomic E-state index is 15.6. The van der Waals surface area contributed by atoms with Crippen molar-refractivity contribution in [1.29, 1.82) is 0 Å². The molecule has 4 aliphatic rings. The number of halogens is 2. The van der Waals surface area contributed by atoms with Crippen molar-refractivity contribution in [2.24, 2.45) is 5.41 Å². The van der Waals surface area contributed by atoms with Crippen LogP contribution in [0, 0.1) is 17.0 Å². The molecule has 1 aliphatic carbocycles. The summed E-state index contributed by atoms with van der Waals surface area (Å²) >= 11 is 0. The Balaban J connectivity index is 1.18. The van der Waals surface area contributed by atoms with Crippen molar-refractivity contribution >= 4 is 36.8 Å². The molecule has 6 rings (SSSR count). The van der Waals surface area contributed by atoms with Crippen LogP contribution in [0.4, 0.5) is 30.6 Å². The van der Waals surface area contributed by atoms with Gasteiger partial charge in [0.1, 0.15) is 18.2 Å². The van der Waals surface area contributed by atoms with Crippen LogP contribution in [0.1, 0.15) is 31.2 Å². The molecule has 43 heavy (non-hydrogen) atoms. The molecule has 3 fully saturated rings. The first kappa shape index (κ1) is 29.3. The molecule has 2 aromatic rings. The number of fused-ring (bicyclic) bond motifs is 1. The Morgan fingerprint density at radius 1 is 1.12 bits per heavy atom. The minimum atomic E-state index is -2.88. The average molecular weight is 614 g/mol. The van der Waals surface area contributed by atoms with Gasteiger partial charge in [0.25, 0.3) is 0 Å². The molecule has 0 radical (unpaired) electrons. The van der Waals surface area contributed by atoms with E-state index in [1.807, 2.05) is 17.2 Å². The summed E-state index contributed by atoms with van der Waals surface area (Å²) in [7, 11) is -2.88. The van der Waals surface area contributed by atoms with Gasteiger partial charge in [0.05, 0.1) is 30.2 Å². The predicted molar refractivity (Wildman–Crippen MR) is 161 cm³/mol. The van der Waals surface area contributed by atoms with E-state index in [9.17, 15) is 23.7 Å². The van der Waals surface area contributed by atoms with E-state index in [1.54, 1.807) is 6.07 Å². The number of carbonyl (C=O) groups is 1. The zero-order chi connectivity index (χ0) is 30.5. The first-order valence-electron chi connectivity index (χ1n) is 14.3. The minimum Gasteiger partial charge on any atom is -0.508 e. The number of amides is 1. The number of aliphatic hydroxyl groups is 1. The zero-order valence-corrected chi connectivity index (χ0v) is 24.7. The van der Waals surface area contributed by atoms with E-state index in [0.29, 0.717) is 60.6 Å². The molecule has 0 spiro atoms. The van der Waals surface area contributed by atoms with Gasteiger partial charge >= 0.3 is 6.09 Å². The van der Waals surface area contributed by atoms with Gasteiger partial charge in [0.15, 0.2) is 19.6 Å². The third-order valence-corrected chi connectivity index (χ3v) is 9.78. The maximum atomic E-state index is 15.6. The maximum Gasteiger partial charge on any atom is 0.414 e. The second kappa shape index (κ2) is 11.4. The van der Waals surface area contributed by atoms with Crippen molar-refractivity contribution in [2.75, 3.05) is 53.7 Å². The Labute approximate surface area is 249 Å². The number of hydrogen-bond donors (Lipinski definition) is 2. The SMILES string of the molecule is C=C(O)C1=CN(C2CC2)c2cc(N3CCC(COc4ccc(N5CCOC5=O)cc4F)(C[PH](=O)O)CC3)c(F)cc2C1=C. The lowest BCUT2D eigenvalue weighted by atomic mass is 9.80. The first-order valence-corrected chi connectivity index (χ1v) is 15.9. The third-order valence-electron chi connectivity index (χ3n) is 8.73. The van der Waals surface area contributed by atoms with E-state index < -0.39 is 31.2 Å². The Morgan fingerprint density at radius 3 is 2.47 bits per heavy atom. The molecule has 2 aromatic carbocycles. The van der Waals surface area contributed by atoms with Crippen molar-refractivity contribution in [1.82, 2.24) is 0 Å². The fraction of sp³-hybridized carbons (Fsp3) is 0.387. The predicted octanol–water partition coefficient (Wildman–Crippen LogP) is 6.01. The Hall–Kier alpha value is -3.82. The number of cyclic esters (lactones) is 1. The molecule has 12 heteroatoms. The summed E-state index contributed by atoms with van der Waals surface area (Å²) in [6.07, 6.45) is 4.14. The lowest BCUT2D eigenvalue weighted by Gasteiger charge is -2.42. The standard InChI is InChI=1S/C31H34F2N3O6P/c1-19-23-14-25(32)28(15-27(23)36(21-3-4-21)16-24(19)20(2)37)34-9-7-31(8-10-34,18-43(39)40)17-42-29-6-5-22(13-26(29)33)35-11-12-41-30(35)38/h5-6,13-16,21,37,43H,1-4,7-12,17-18H2,(H,39,40). The van der Waals surface area contributed by atoms with Gasteiger partial charge in [-0.25, -0.2) is 13.6 Å². The van der Waals surface area contributed by atoms with E-state index in [-0.39, 0.29) is 36.9 Å². The number of aliphatic hydroxyl groups excluding tert-OH is 1. The van der Waals surface area contributed by atoms with Gasteiger partial charge in [-0.15, -0.1) is 0 Å². The highest BCUT2D eigenvalue weighted by Crippen LogP contribution is 2.47. The van der Waals surface area contributed by atoms with E-state index in [1.165, 1.54) is 23.1 Å². The smallest absolute Gasteiger partial charge is 0.414 e. The molecule has 1 unspecified atom stereocenters. The van der Waals surface area contributed by atoms with Crippen molar-refractivity contribution in [3.8, 4) is 5.75 Å². The van der Waals surface area contributed by atoms with Crippen molar-refractivity contribution < 1.29 is 37.6 Å². The number of carbonyl (C=O) groups excluding carboxylic acids is 1. The number of allylic oxidation sites excluding steroid dienone is 1. The number of rotatable bonds is 9. The fourth-order valence-electron chi connectivity index (χ4n) is 6.13. The highest BCUT2D eigenvalue weighted by atomic mass is 31.1. The van der Waals surface area contributed by atoms with E-state index in [0.717, 1.165) is 18.5 Å². The largest absolute Gasteiger partial charge is 0.508 e. The molecule has 3 heterocycles. The van der Waals surface area contributed by atoms with Gasteiger partial charge in [-0.2, -0.15) is 0 Å². The normalized spacial score (nSPS) is 20.4. The van der Waals surface area contributed by atoms with E-state index in [2.05, 4.69) is 18.1 Å². The van der Waals surface area contributed by atoms with Gasteiger partial charge in [-0.3, -0.25) is 9.46 Å². The summed E-state index contributed by atoms with van der Waals surface area (Å²) in [4.78, 5) is 27.0. The average Bonchev–Trinajstić information content (AvgIpc) is 3.72. The Morgan fingerprint density at radius 2 is 1.86 bits per heavy atom. The van der Waals surface area contributed by atoms with Crippen LogP contribution in [0.3, 0.4) is 0 Å². The Kier molecular flexibility index (Phi) is 7.73. The van der Waals surface area contributed by atoms with Crippen LogP contribution in [-0.4, -0.2) is 61.1 Å². The monoisotopic (exact) mass is 613 g/mol. The van der Waals surface area contributed by atoms with E-state index in [4.69, 9.17) is 9.47 Å². The lowest BCUT2D eigenvalue weighted by Crippen LogP contribution is -2.45. The summed E-state index contributed by atoms with van der Waals surface area (Å²) in [5, 5.41) is 10.1. The molecule has 1 atom stereocenters. The highest BCUT2D eigenvalue weighted by molar-refractivity contribution is 7.38. The quantitative estimate of drug-likeness (QED) is 0.262. The van der Waals surface area contributed by atoms with Crippen LogP contribution < -0.4 is 19.4 Å². The summed E-state index contributed by atoms with van der Waals surface area (Å²) in [5.41, 5.74) is 2.49. The topological polar surface area (TPSA) is 103 Å². The van der Waals surface area contributed by atoms with Gasteiger partial charge in [-0.1, -0.05) is 13.2 Å². The number of nitrogens with zero attached hydrogens (tertiary/aromatic N) is 3. The number of hydrogen-bond acceptors (Lipinski definition) is 7. The molecular weight excluding hydrogens is 579 g/mol. The molecule has 228 valence electrons. The second-order valence-corrected chi connectivity index (χ2v) is 12.8. The van der Waals surface area contributed by atoms with Crippen LogP contribution in [0.5, 0.6) is 5.75 Å². The molecule has 1 saturated carbocycles. The van der Waals surface area contributed by atoms with Gasteiger partial charge in [0, 0.05) is 54.1 Å². The summed E-state index contributed by atoms with van der Waals surface area (Å²) in [5.74, 6) is -1.21. The molecule has 2 N–H and O–H groups in total. The first-order chi connectivity index (χ1) is 20.5. The number of piperidine rings is 1. The van der Waals surface area contributed by atoms with Crippen LogP contribution in [0.25, 0.3) is 5.57 Å². The molecule has 3 aliphatic heterocycles. The van der Waals surface area contributed by atoms with Crippen LogP contribution in [0.15, 0.2) is 61.0 Å². The summed E-state index contributed by atoms with van der Waals surface area (Å²) in [6.45, 7) is 9.11. The Bertz CT molecular complexity index is 1550. The highest BCUT2D eigenvalue weighted by Gasteiger charge is 2.39. The molecular formula is C31H34F2N3O6P. The lowest BCUT2D eigenvalue weighted by molar-refractivity contribution is 0.129. The zero-order valence-electron chi connectivity index (χ0n) is 23.7. The van der Waals surface area contributed by atoms with Crippen molar-refractivity contribution in [3.05, 3.63) is 78.2 Å². The number of benzene rings is 2. The molecule has 1 amide bonds. The number of ether oxygens (including phenoxy) is 2. The van der Waals surface area contributed by atoms with Crippen LogP contribution in [-0.2, 0) is 9.30 Å².